The van der Waals surface area contributed by atoms with Crippen molar-refractivity contribution in [3.63, 3.8) is 0 Å². The van der Waals surface area contributed by atoms with Gasteiger partial charge in [0.15, 0.2) is 0 Å². The molecule has 0 spiro atoms. The number of amides is 1. The fourth-order valence-corrected chi connectivity index (χ4v) is 8.58. The molecule has 0 saturated heterocycles. The lowest BCUT2D eigenvalue weighted by atomic mass is 9.93. The highest BCUT2D eigenvalue weighted by Gasteiger charge is 2.24. The van der Waals surface area contributed by atoms with Gasteiger partial charge in [-0.1, -0.05) is 182 Å². The zero-order valence-electron chi connectivity index (χ0n) is 41.5. The molecule has 8 heteroatoms. The van der Waals surface area contributed by atoms with E-state index in [1.807, 2.05) is 0 Å². The third-order valence-electron chi connectivity index (χ3n) is 12.7. The Hall–Kier alpha value is -1.67. The summed E-state index contributed by atoms with van der Waals surface area (Å²) in [6.07, 6.45) is 37.8. The van der Waals surface area contributed by atoms with E-state index in [-0.39, 0.29) is 36.2 Å². The zero-order chi connectivity index (χ0) is 44.5. The SMILES string of the molecule is CCCCCCCCC(CCCCCC)C(=O)OCCCCCC(CCCCCOC(=O)CN(C)C(=O)C(CCCCCC)CCCCCCCC)N(C)CCCN(C)C. The van der Waals surface area contributed by atoms with Crippen molar-refractivity contribution >= 4 is 17.8 Å². The van der Waals surface area contributed by atoms with Crippen LogP contribution < -0.4 is 0 Å². The predicted octanol–water partition coefficient (Wildman–Crippen LogP) is 13.6. The summed E-state index contributed by atoms with van der Waals surface area (Å²) < 4.78 is 11.5. The summed E-state index contributed by atoms with van der Waals surface area (Å²) >= 11 is 0. The predicted molar refractivity (Wildman–Crippen MR) is 257 cm³/mol. The molecule has 1 amide bonds. The molecule has 3 unspecified atom stereocenters. The Labute approximate surface area is 373 Å². The van der Waals surface area contributed by atoms with Gasteiger partial charge in [0.2, 0.25) is 5.91 Å². The first-order valence-electron chi connectivity index (χ1n) is 26.0. The Morgan fingerprint density at radius 2 is 0.800 bits per heavy atom. The average molecular weight is 850 g/mol. The van der Waals surface area contributed by atoms with E-state index in [4.69, 9.17) is 9.47 Å². The van der Waals surface area contributed by atoms with Crippen LogP contribution in [0.3, 0.4) is 0 Å². The van der Waals surface area contributed by atoms with E-state index in [1.165, 1.54) is 103 Å². The molecule has 60 heavy (non-hydrogen) atoms. The molecule has 0 bridgehead atoms. The number of hydrogen-bond acceptors (Lipinski definition) is 7. The molecule has 356 valence electrons. The third-order valence-corrected chi connectivity index (χ3v) is 12.7. The van der Waals surface area contributed by atoms with Crippen molar-refractivity contribution in [1.82, 2.24) is 14.7 Å². The van der Waals surface area contributed by atoms with E-state index in [9.17, 15) is 14.4 Å². The second-order valence-electron chi connectivity index (χ2n) is 18.8. The highest BCUT2D eigenvalue weighted by Crippen LogP contribution is 2.23. The van der Waals surface area contributed by atoms with Gasteiger partial charge in [-0.3, -0.25) is 14.4 Å². The van der Waals surface area contributed by atoms with Gasteiger partial charge in [0.25, 0.3) is 0 Å². The standard InChI is InChI=1S/C52H103N3O5/c1-9-13-17-21-23-29-37-47(36-27-19-15-11-3)51(57)55(8)46-50(56)59-44-33-25-31-40-49(54(7)43-35-42-53(5)6)41-32-26-34-45-60-52(58)48(38-28-20-16-12-4)39-30-24-22-18-14-10-2/h47-49H,9-46H2,1-8H3. The Balaban J connectivity index is 4.76. The number of carbonyl (C=O) groups excluding carboxylic acids is 3. The van der Waals surface area contributed by atoms with Crippen molar-refractivity contribution in [1.29, 1.82) is 0 Å². The lowest BCUT2D eigenvalue weighted by Crippen LogP contribution is -2.37. The third kappa shape index (κ3) is 34.9. The normalized spacial score (nSPS) is 13.2. The second-order valence-corrected chi connectivity index (χ2v) is 18.8. The minimum Gasteiger partial charge on any atom is -0.465 e. The molecule has 0 rings (SSSR count). The number of nitrogens with zero attached hydrogens (tertiary/aromatic N) is 3. The molecule has 8 nitrogen and oxygen atoms in total. The molecule has 0 aliphatic heterocycles. The van der Waals surface area contributed by atoms with Gasteiger partial charge in [-0.2, -0.15) is 0 Å². The smallest absolute Gasteiger partial charge is 0.325 e. The van der Waals surface area contributed by atoms with Crippen LogP contribution in [0.15, 0.2) is 0 Å². The summed E-state index contributed by atoms with van der Waals surface area (Å²) in [5.41, 5.74) is 0. The van der Waals surface area contributed by atoms with Crippen LogP contribution in [-0.4, -0.2) is 99.6 Å². The van der Waals surface area contributed by atoms with E-state index in [1.54, 1.807) is 11.9 Å². The van der Waals surface area contributed by atoms with Crippen molar-refractivity contribution in [2.24, 2.45) is 11.8 Å². The van der Waals surface area contributed by atoms with Gasteiger partial charge >= 0.3 is 11.9 Å². The summed E-state index contributed by atoms with van der Waals surface area (Å²) in [7, 11) is 8.32. The first kappa shape index (κ1) is 58.3. The van der Waals surface area contributed by atoms with E-state index < -0.39 is 0 Å². The Kier molecular flexibility index (Phi) is 41.4. The average Bonchev–Trinajstić information content (AvgIpc) is 3.22. The molecular formula is C52H103N3O5. The largest absolute Gasteiger partial charge is 0.465 e. The summed E-state index contributed by atoms with van der Waals surface area (Å²) in [6.45, 7) is 12.1. The molecule has 0 heterocycles. The zero-order valence-corrected chi connectivity index (χ0v) is 41.5. The summed E-state index contributed by atoms with van der Waals surface area (Å²) in [5, 5.41) is 0. The number of ether oxygens (including phenoxy) is 2. The van der Waals surface area contributed by atoms with E-state index in [0.717, 1.165) is 122 Å². The van der Waals surface area contributed by atoms with Gasteiger partial charge in [0, 0.05) is 19.0 Å². The molecule has 0 saturated carbocycles. The molecular weight excluding hydrogens is 747 g/mol. The molecule has 0 fully saturated rings. The monoisotopic (exact) mass is 850 g/mol. The van der Waals surface area contributed by atoms with Crippen LogP contribution in [0.4, 0.5) is 0 Å². The minimum absolute atomic E-state index is 0.0135. The lowest BCUT2D eigenvalue weighted by Gasteiger charge is -2.29. The van der Waals surface area contributed by atoms with Crippen molar-refractivity contribution in [2.45, 2.75) is 246 Å². The second kappa shape index (κ2) is 42.6. The van der Waals surface area contributed by atoms with Crippen LogP contribution in [-0.2, 0) is 23.9 Å². The molecule has 3 atom stereocenters. The van der Waals surface area contributed by atoms with Gasteiger partial charge in [-0.05, 0) is 92.0 Å². The highest BCUT2D eigenvalue weighted by molar-refractivity contribution is 5.83. The van der Waals surface area contributed by atoms with Gasteiger partial charge in [-0.25, -0.2) is 0 Å². The summed E-state index contributed by atoms with van der Waals surface area (Å²) in [5.74, 6) is -0.0478. The van der Waals surface area contributed by atoms with Crippen molar-refractivity contribution < 1.29 is 23.9 Å². The van der Waals surface area contributed by atoms with E-state index >= 15 is 0 Å². The molecule has 0 aromatic heterocycles. The lowest BCUT2D eigenvalue weighted by molar-refractivity contribution is -0.150. The van der Waals surface area contributed by atoms with Gasteiger partial charge in [0.05, 0.1) is 19.1 Å². The fraction of sp³-hybridized carbons (Fsp3) is 0.942. The quantitative estimate of drug-likeness (QED) is 0.0446. The van der Waals surface area contributed by atoms with E-state index in [2.05, 4.69) is 58.6 Å². The Bertz CT molecular complexity index is 977. The Morgan fingerprint density at radius 3 is 1.27 bits per heavy atom. The van der Waals surface area contributed by atoms with Gasteiger partial charge in [0.1, 0.15) is 6.54 Å². The van der Waals surface area contributed by atoms with Crippen LogP contribution in [0.25, 0.3) is 0 Å². The number of carbonyl (C=O) groups is 3. The summed E-state index contributed by atoms with van der Waals surface area (Å²) in [6, 6.07) is 0.521. The maximum atomic E-state index is 13.4. The van der Waals surface area contributed by atoms with Crippen LogP contribution in [0.5, 0.6) is 0 Å². The van der Waals surface area contributed by atoms with Crippen molar-refractivity contribution in [3.8, 4) is 0 Å². The van der Waals surface area contributed by atoms with Crippen molar-refractivity contribution in [3.05, 3.63) is 0 Å². The molecule has 0 radical (unpaired) electrons. The number of likely N-dealkylation sites (N-methyl/N-ethyl adjacent to an activating group) is 1. The molecule has 0 aromatic carbocycles. The fourth-order valence-electron chi connectivity index (χ4n) is 8.58. The van der Waals surface area contributed by atoms with E-state index in [0.29, 0.717) is 19.3 Å². The molecule has 0 N–H and O–H groups in total. The van der Waals surface area contributed by atoms with Crippen LogP contribution in [0, 0.1) is 11.8 Å². The van der Waals surface area contributed by atoms with Crippen LogP contribution >= 0.6 is 0 Å². The first-order chi connectivity index (χ1) is 29.1. The van der Waals surface area contributed by atoms with Crippen LogP contribution in [0.2, 0.25) is 0 Å². The minimum atomic E-state index is -0.292. The highest BCUT2D eigenvalue weighted by atomic mass is 16.5. The van der Waals surface area contributed by atoms with Crippen molar-refractivity contribution in [2.75, 3.05) is 61.0 Å². The first-order valence-corrected chi connectivity index (χ1v) is 26.0. The van der Waals surface area contributed by atoms with Gasteiger partial charge in [-0.15, -0.1) is 0 Å². The number of rotatable bonds is 45. The number of hydrogen-bond donors (Lipinski definition) is 0. The van der Waals surface area contributed by atoms with Gasteiger partial charge < -0.3 is 24.2 Å². The van der Waals surface area contributed by atoms with Crippen LogP contribution in [0.1, 0.15) is 240 Å². The Morgan fingerprint density at radius 1 is 0.417 bits per heavy atom. The topological polar surface area (TPSA) is 79.4 Å². The molecule has 0 aromatic rings. The summed E-state index contributed by atoms with van der Waals surface area (Å²) in [4.78, 5) is 45.7. The maximum Gasteiger partial charge on any atom is 0.325 e. The number of esters is 2. The molecule has 0 aliphatic carbocycles. The number of unbranched alkanes of at least 4 members (excludes halogenated alkanes) is 20. The molecule has 0 aliphatic rings. The maximum absolute atomic E-state index is 13.4.